The molecule has 1 aliphatic rings. The Morgan fingerprint density at radius 3 is 3.00 bits per heavy atom. The lowest BCUT2D eigenvalue weighted by Gasteiger charge is -2.20. The van der Waals surface area contributed by atoms with Gasteiger partial charge >= 0.3 is 0 Å². The third kappa shape index (κ3) is 3.61. The normalized spacial score (nSPS) is 26.4. The third-order valence-electron chi connectivity index (χ3n) is 2.30. The molecular formula is C9H18N2O3. The van der Waals surface area contributed by atoms with Gasteiger partial charge in [-0.25, -0.2) is 0 Å². The first-order chi connectivity index (χ1) is 6.66. The van der Waals surface area contributed by atoms with E-state index in [-0.39, 0.29) is 12.5 Å². The van der Waals surface area contributed by atoms with Crippen LogP contribution in [0.3, 0.4) is 0 Å². The van der Waals surface area contributed by atoms with Crippen molar-refractivity contribution in [1.29, 1.82) is 0 Å². The van der Waals surface area contributed by atoms with Crippen molar-refractivity contribution in [3.05, 3.63) is 0 Å². The summed E-state index contributed by atoms with van der Waals surface area (Å²) in [6.45, 7) is 1.83. The molecule has 5 heteroatoms. The fraction of sp³-hybridized carbons (Fsp3) is 0.889. The topological polar surface area (TPSA) is 70.6 Å². The molecule has 0 radical (unpaired) electrons. The maximum Gasteiger partial charge on any atom is 0.221 e. The zero-order valence-corrected chi connectivity index (χ0v) is 8.51. The number of ether oxygens (including phenoxy) is 1. The predicted octanol–water partition coefficient (Wildman–Crippen LogP) is -1.14. The van der Waals surface area contributed by atoms with E-state index in [0.717, 1.165) is 0 Å². The van der Waals surface area contributed by atoms with Crippen LogP contribution in [0.25, 0.3) is 0 Å². The Kier molecular flexibility index (Phi) is 4.31. The number of nitrogens with one attached hydrogen (secondary N) is 2. The lowest BCUT2D eigenvalue weighted by Crippen LogP contribution is -2.43. The molecule has 1 atom stereocenters. The molecule has 1 unspecified atom stereocenters. The Labute approximate surface area is 83.8 Å². The summed E-state index contributed by atoms with van der Waals surface area (Å²) < 4.78 is 5.06. The maximum absolute atomic E-state index is 11.2. The molecule has 1 amide bonds. The van der Waals surface area contributed by atoms with Gasteiger partial charge in [0.05, 0.1) is 6.61 Å². The monoisotopic (exact) mass is 202 g/mol. The molecule has 1 rings (SSSR count). The molecule has 0 aromatic carbocycles. The van der Waals surface area contributed by atoms with Crippen molar-refractivity contribution in [3.63, 3.8) is 0 Å². The number of carbonyl (C=O) groups excluding carboxylic acids is 1. The van der Waals surface area contributed by atoms with Gasteiger partial charge in [0.25, 0.3) is 0 Å². The van der Waals surface area contributed by atoms with Crippen LogP contribution in [-0.2, 0) is 9.53 Å². The van der Waals surface area contributed by atoms with Crippen LogP contribution in [0, 0.1) is 0 Å². The minimum Gasteiger partial charge on any atom is -0.386 e. The fourth-order valence-electron chi connectivity index (χ4n) is 1.33. The van der Waals surface area contributed by atoms with E-state index < -0.39 is 5.60 Å². The second-order valence-corrected chi connectivity index (χ2v) is 3.66. The number of aliphatic hydroxyl groups is 1. The van der Waals surface area contributed by atoms with Crippen LogP contribution in [0.15, 0.2) is 0 Å². The molecule has 1 heterocycles. The standard InChI is InChI=1S/C9H18N2O3/c1-10-4-2-8(12)11-6-9(13)3-5-14-7-9/h10,13H,2-7H2,1H3,(H,11,12). The molecule has 82 valence electrons. The largest absolute Gasteiger partial charge is 0.386 e. The summed E-state index contributed by atoms with van der Waals surface area (Å²) in [6.07, 6.45) is 1.03. The van der Waals surface area contributed by atoms with Crippen LogP contribution < -0.4 is 10.6 Å². The maximum atomic E-state index is 11.2. The highest BCUT2D eigenvalue weighted by molar-refractivity contribution is 5.76. The highest BCUT2D eigenvalue weighted by atomic mass is 16.5. The lowest BCUT2D eigenvalue weighted by atomic mass is 10.0. The second-order valence-electron chi connectivity index (χ2n) is 3.66. The van der Waals surface area contributed by atoms with Gasteiger partial charge in [-0.3, -0.25) is 4.79 Å². The number of hydrogen-bond donors (Lipinski definition) is 3. The Hall–Kier alpha value is -0.650. The van der Waals surface area contributed by atoms with Gasteiger partial charge in [0.2, 0.25) is 5.91 Å². The number of rotatable bonds is 5. The van der Waals surface area contributed by atoms with Crippen LogP contribution in [0.5, 0.6) is 0 Å². The molecule has 0 aromatic heterocycles. The average molecular weight is 202 g/mol. The van der Waals surface area contributed by atoms with Gasteiger partial charge in [-0.15, -0.1) is 0 Å². The van der Waals surface area contributed by atoms with E-state index >= 15 is 0 Å². The first kappa shape index (κ1) is 11.4. The van der Waals surface area contributed by atoms with Crippen LogP contribution in [0.4, 0.5) is 0 Å². The van der Waals surface area contributed by atoms with E-state index in [9.17, 15) is 9.90 Å². The first-order valence-electron chi connectivity index (χ1n) is 4.88. The Morgan fingerprint density at radius 1 is 1.64 bits per heavy atom. The first-order valence-corrected chi connectivity index (χ1v) is 4.88. The molecule has 1 fully saturated rings. The van der Waals surface area contributed by atoms with E-state index in [4.69, 9.17) is 4.74 Å². The van der Waals surface area contributed by atoms with Crippen molar-refractivity contribution >= 4 is 5.91 Å². The van der Waals surface area contributed by atoms with Crippen LogP contribution in [-0.4, -0.2) is 50.0 Å². The van der Waals surface area contributed by atoms with Gasteiger partial charge in [0, 0.05) is 32.5 Å². The van der Waals surface area contributed by atoms with E-state index in [1.165, 1.54) is 0 Å². The van der Waals surface area contributed by atoms with Gasteiger partial charge in [-0.05, 0) is 7.05 Å². The summed E-state index contributed by atoms with van der Waals surface area (Å²) in [5.41, 5.74) is -0.852. The minimum atomic E-state index is -0.852. The van der Waals surface area contributed by atoms with Crippen molar-refractivity contribution in [2.45, 2.75) is 18.4 Å². The predicted molar refractivity (Wildman–Crippen MR) is 51.9 cm³/mol. The highest BCUT2D eigenvalue weighted by Crippen LogP contribution is 2.16. The molecular weight excluding hydrogens is 184 g/mol. The van der Waals surface area contributed by atoms with Crippen molar-refractivity contribution in [1.82, 2.24) is 10.6 Å². The van der Waals surface area contributed by atoms with Crippen LogP contribution in [0.1, 0.15) is 12.8 Å². The number of amides is 1. The highest BCUT2D eigenvalue weighted by Gasteiger charge is 2.32. The summed E-state index contributed by atoms with van der Waals surface area (Å²) in [5, 5.41) is 15.4. The Balaban J connectivity index is 2.15. The van der Waals surface area contributed by atoms with Gasteiger partial charge in [-0.2, -0.15) is 0 Å². The minimum absolute atomic E-state index is 0.0420. The van der Waals surface area contributed by atoms with Crippen molar-refractivity contribution in [2.24, 2.45) is 0 Å². The molecule has 5 nitrogen and oxygen atoms in total. The van der Waals surface area contributed by atoms with Gasteiger partial charge in [0.1, 0.15) is 5.60 Å². The quantitative estimate of drug-likeness (QED) is 0.527. The summed E-state index contributed by atoms with van der Waals surface area (Å²) in [6, 6.07) is 0. The van der Waals surface area contributed by atoms with Gasteiger partial charge < -0.3 is 20.5 Å². The molecule has 0 aliphatic carbocycles. The summed E-state index contributed by atoms with van der Waals surface area (Å²) in [7, 11) is 1.80. The molecule has 3 N–H and O–H groups in total. The smallest absolute Gasteiger partial charge is 0.221 e. The molecule has 14 heavy (non-hydrogen) atoms. The number of carbonyl (C=O) groups is 1. The summed E-state index contributed by atoms with van der Waals surface area (Å²) in [4.78, 5) is 11.2. The Bertz CT molecular complexity index is 190. The zero-order valence-electron chi connectivity index (χ0n) is 8.51. The van der Waals surface area contributed by atoms with Crippen molar-refractivity contribution in [2.75, 3.05) is 33.4 Å². The summed E-state index contributed by atoms with van der Waals surface area (Å²) >= 11 is 0. The van der Waals surface area contributed by atoms with E-state index in [2.05, 4.69) is 10.6 Å². The molecule has 0 aromatic rings. The fourth-order valence-corrected chi connectivity index (χ4v) is 1.33. The summed E-state index contributed by atoms with van der Waals surface area (Å²) in [5.74, 6) is -0.0420. The second kappa shape index (κ2) is 5.29. The van der Waals surface area contributed by atoms with Crippen LogP contribution >= 0.6 is 0 Å². The Morgan fingerprint density at radius 2 is 2.43 bits per heavy atom. The zero-order chi connectivity index (χ0) is 10.4. The van der Waals surface area contributed by atoms with Crippen molar-refractivity contribution < 1.29 is 14.6 Å². The van der Waals surface area contributed by atoms with E-state index in [1.807, 2.05) is 0 Å². The van der Waals surface area contributed by atoms with Gasteiger partial charge in [-0.1, -0.05) is 0 Å². The van der Waals surface area contributed by atoms with Crippen LogP contribution in [0.2, 0.25) is 0 Å². The molecule has 1 aliphatic heterocycles. The third-order valence-corrected chi connectivity index (χ3v) is 2.30. The molecule has 0 bridgehead atoms. The van der Waals surface area contributed by atoms with E-state index in [0.29, 0.717) is 32.6 Å². The lowest BCUT2D eigenvalue weighted by molar-refractivity contribution is -0.122. The van der Waals surface area contributed by atoms with E-state index in [1.54, 1.807) is 7.05 Å². The molecule has 0 spiro atoms. The molecule has 0 saturated carbocycles. The SMILES string of the molecule is CNCCC(=O)NCC1(O)CCOC1. The number of hydrogen-bond acceptors (Lipinski definition) is 4. The van der Waals surface area contributed by atoms with Gasteiger partial charge in [0.15, 0.2) is 0 Å². The molecule has 1 saturated heterocycles. The van der Waals surface area contributed by atoms with Crippen molar-refractivity contribution in [3.8, 4) is 0 Å². The average Bonchev–Trinajstić information content (AvgIpc) is 2.60.